The standard InChI is InChI=1S/C29H29O5P.C25H21O5P.C18H15O5P.C15H17O5P.C14H14O.C2H5Cl2OP.2C2H6/c1-2-21-35(30,33-28-17-13-26(14-18-28)31-22-24-9-5-3-6-10-24)34-29-19-15-27(16-20-29)32-23-25-11-7-4-8-12-25;26-31(28-23-12-6-2-7-13-23,29-24-14-8-3-9-15-24)30-25-18-16-22(17-19-25)27-20-21-10-4-1-5-11-21;19-15-11-13-18(14-12-15)23-24(20,21-16-7-3-1-4-8-16)22-17-9-5-2-6-10-17;1-2-11-21(18,19-14-7-3-12(16)4-8-14)20-15-9-5-13(17)6-10-15;1-12-7-9-14(10-8-12)15-11-13-5-3-2-4-6-13;1-2-6(3,4)5;2*1-2/h3-20H,2,21-23H2,1H3;1-19H,20H2;1-14,19H;3-10,16-17H,2,11H2,1H3;2-10H,11H2,1H3;2H2,1H3;2*1-2H3. The number of para-hydroxylation sites is 4. The van der Waals surface area contributed by atoms with E-state index in [0.29, 0.717) is 121 Å². The van der Waals surface area contributed by atoms with Crippen LogP contribution in [0.2, 0.25) is 0 Å². The molecule has 0 fully saturated rings. The molecule has 0 saturated carbocycles. The molecule has 0 heterocycles. The van der Waals surface area contributed by atoms with Gasteiger partial charge in [-0.3, -0.25) is 4.57 Å². The highest BCUT2D eigenvalue weighted by atomic mass is 35.9. The van der Waals surface area contributed by atoms with Crippen molar-refractivity contribution in [3.8, 4) is 97.7 Å². The van der Waals surface area contributed by atoms with E-state index in [9.17, 15) is 38.1 Å². The summed E-state index contributed by atoms with van der Waals surface area (Å²) in [6.45, 7) is 17.6. The summed E-state index contributed by atoms with van der Waals surface area (Å²) in [5.74, 6) is 4.31. The molecule has 15 aromatic rings. The van der Waals surface area contributed by atoms with Crippen LogP contribution in [-0.4, -0.2) is 33.8 Å². The number of phenolic OH excluding ortho intramolecular Hbond substituents is 3. The minimum absolute atomic E-state index is 0.0742. The molecule has 0 aliphatic carbocycles. The molecule has 0 aliphatic heterocycles. The Balaban J connectivity index is 0.000000208. The topological polar surface area (TPSA) is 275 Å². The third-order valence-electron chi connectivity index (χ3n) is 17.6. The van der Waals surface area contributed by atoms with Crippen molar-refractivity contribution in [1.82, 2.24) is 0 Å². The number of phosphoric acid groups is 2. The molecule has 0 radical (unpaired) electrons. The zero-order valence-electron chi connectivity index (χ0n) is 76.7. The number of rotatable bonds is 37. The number of phenols is 3. The van der Waals surface area contributed by atoms with E-state index in [1.807, 2.05) is 187 Å². The van der Waals surface area contributed by atoms with Crippen LogP contribution in [0.1, 0.15) is 89.1 Å². The molecule has 0 unspecified atom stereocenters. The van der Waals surface area contributed by atoms with E-state index in [2.05, 4.69) is 31.2 Å². The summed E-state index contributed by atoms with van der Waals surface area (Å²) in [7, 11) is -14.7. The van der Waals surface area contributed by atoms with Gasteiger partial charge in [-0.25, -0.2) is 9.13 Å². The van der Waals surface area contributed by atoms with Crippen molar-refractivity contribution < 1.29 is 102 Å². The van der Waals surface area contributed by atoms with E-state index in [1.165, 1.54) is 83.9 Å². The van der Waals surface area contributed by atoms with E-state index < -0.39 is 36.7 Å². The maximum absolute atomic E-state index is 13.4. The molecule has 0 saturated heterocycles. The van der Waals surface area contributed by atoms with Gasteiger partial charge in [0.15, 0.2) is 0 Å². The van der Waals surface area contributed by atoms with Crippen molar-refractivity contribution in [2.45, 2.75) is 94.7 Å². The van der Waals surface area contributed by atoms with Gasteiger partial charge in [0, 0.05) is 6.16 Å². The molecule has 136 heavy (non-hydrogen) atoms. The van der Waals surface area contributed by atoms with E-state index >= 15 is 0 Å². The Hall–Kier alpha value is -13.4. The summed E-state index contributed by atoms with van der Waals surface area (Å²) in [6.07, 6.45) is 2.21. The molecule has 0 amide bonds. The zero-order valence-corrected chi connectivity index (χ0v) is 82.7. The highest BCUT2D eigenvalue weighted by Gasteiger charge is 2.35. The first-order valence-corrected chi connectivity index (χ1v) is 53.9. The predicted octanol–water partition coefficient (Wildman–Crippen LogP) is 32.3. The van der Waals surface area contributed by atoms with Crippen molar-refractivity contribution in [2.75, 3.05) is 18.5 Å². The van der Waals surface area contributed by atoms with Gasteiger partial charge in [0.05, 0.1) is 12.3 Å². The number of aromatic hydroxyl groups is 3. The van der Waals surface area contributed by atoms with Crippen LogP contribution >= 0.6 is 59.2 Å². The molecule has 712 valence electrons. The summed E-state index contributed by atoms with van der Waals surface area (Å²) in [4.78, 5) is 0. The fourth-order valence-corrected chi connectivity index (χ4v) is 16.9. The lowest BCUT2D eigenvalue weighted by atomic mass is 10.2. The van der Waals surface area contributed by atoms with Gasteiger partial charge in [0.25, 0.3) is 5.85 Å². The Morgan fingerprint density at radius 1 is 0.221 bits per heavy atom. The summed E-state index contributed by atoms with van der Waals surface area (Å²) < 4.78 is 142. The molecule has 15 aromatic carbocycles. The van der Waals surface area contributed by atoms with Crippen LogP contribution in [0.5, 0.6) is 97.7 Å². The SMILES string of the molecule is CC.CC.CCCP(=O)(Oc1ccc(O)cc1)Oc1ccc(O)cc1.CCCP(=O)(Oc1ccc(OCc2ccccc2)cc1)Oc1ccc(OCc2ccccc2)cc1.CCP(=O)(Cl)Cl.Cc1ccc(OCc2ccccc2)cc1.O=P(Oc1ccccc1)(Oc1ccccc1)Oc1ccc(O)cc1.O=P(Oc1ccccc1)(Oc1ccccc1)Oc1ccc(OCc2ccccc2)cc1. The first kappa shape index (κ1) is 108. The first-order valence-electron chi connectivity index (χ1n) is 43.8. The smallest absolute Gasteiger partial charge is 0.508 e. The summed E-state index contributed by atoms with van der Waals surface area (Å²) in [6, 6.07) is 122. The van der Waals surface area contributed by atoms with Crippen molar-refractivity contribution in [3.63, 3.8) is 0 Å². The second-order valence-corrected chi connectivity index (χ2v) is 40.9. The molecule has 0 bridgehead atoms. The van der Waals surface area contributed by atoms with Crippen molar-refractivity contribution in [2.24, 2.45) is 0 Å². The molecule has 0 spiro atoms. The number of ether oxygens (including phenoxy) is 4. The highest BCUT2D eigenvalue weighted by molar-refractivity contribution is 8.08. The fraction of sp³-hybridized carbons (Fsp3) is 0.159. The van der Waals surface area contributed by atoms with Crippen molar-refractivity contribution >= 4 is 59.2 Å². The second-order valence-electron chi connectivity index (χ2n) is 28.4. The van der Waals surface area contributed by atoms with Gasteiger partial charge in [0.2, 0.25) is 0 Å². The number of halogens is 2. The van der Waals surface area contributed by atoms with Crippen LogP contribution < -0.4 is 64.2 Å². The van der Waals surface area contributed by atoms with Crippen LogP contribution in [0.25, 0.3) is 0 Å². The minimum atomic E-state index is -4.00. The quantitative estimate of drug-likeness (QED) is 0.0305. The van der Waals surface area contributed by atoms with E-state index in [4.69, 9.17) is 86.7 Å². The van der Waals surface area contributed by atoms with Gasteiger partial charge in [0.1, 0.15) is 124 Å². The lowest BCUT2D eigenvalue weighted by Gasteiger charge is -2.20. The Labute approximate surface area is 807 Å². The van der Waals surface area contributed by atoms with Crippen LogP contribution in [0.4, 0.5) is 0 Å². The van der Waals surface area contributed by atoms with Gasteiger partial charge in [-0.1, -0.05) is 260 Å². The monoisotopic (exact) mass is 1970 g/mol. The Kier molecular flexibility index (Phi) is 46.6. The van der Waals surface area contributed by atoms with Crippen molar-refractivity contribution in [3.05, 3.63) is 440 Å². The van der Waals surface area contributed by atoms with Crippen LogP contribution in [0.3, 0.4) is 0 Å². The molecule has 3 N–H and O–H groups in total. The van der Waals surface area contributed by atoms with Crippen molar-refractivity contribution in [1.29, 1.82) is 0 Å². The van der Waals surface area contributed by atoms with Gasteiger partial charge in [-0.15, -0.1) is 0 Å². The third-order valence-corrected chi connectivity index (χ3v) is 26.3. The van der Waals surface area contributed by atoms with Crippen LogP contribution in [0, 0.1) is 6.92 Å². The molecule has 22 nitrogen and oxygen atoms in total. The number of benzene rings is 15. The second kappa shape index (κ2) is 58.7. The number of phosphoric ester groups is 2. The molecule has 15 rings (SSSR count). The normalized spacial score (nSPS) is 10.6. The van der Waals surface area contributed by atoms with Gasteiger partial charge >= 0.3 is 30.8 Å². The summed E-state index contributed by atoms with van der Waals surface area (Å²) in [5, 5.41) is 27.8. The maximum atomic E-state index is 13.4. The number of hydrogen-bond donors (Lipinski definition) is 3. The molecular formula is C107H113Cl2O22P5. The fourth-order valence-electron chi connectivity index (χ4n) is 11.1. The average Bonchev–Trinajstić information content (AvgIpc) is 0.851. The lowest BCUT2D eigenvalue weighted by molar-refractivity contribution is 0.295. The van der Waals surface area contributed by atoms with Gasteiger partial charge < -0.3 is 79.5 Å². The minimum Gasteiger partial charge on any atom is -0.508 e. The Morgan fingerprint density at radius 2 is 0.375 bits per heavy atom. The third kappa shape index (κ3) is 42.5. The van der Waals surface area contributed by atoms with Crippen LogP contribution in [-0.2, 0) is 49.3 Å². The molecular weight excluding hydrogens is 1860 g/mol. The van der Waals surface area contributed by atoms with Gasteiger partial charge in [-0.2, -0.15) is 9.13 Å². The van der Waals surface area contributed by atoms with E-state index in [-0.39, 0.29) is 29.2 Å². The molecule has 0 atom stereocenters. The predicted molar refractivity (Wildman–Crippen MR) is 543 cm³/mol. The van der Waals surface area contributed by atoms with Crippen LogP contribution in [0.15, 0.2) is 413 Å². The summed E-state index contributed by atoms with van der Waals surface area (Å²) >= 11 is 10.1. The molecule has 29 heteroatoms. The molecule has 0 aliphatic rings. The maximum Gasteiger partial charge on any atom is 0.647 e. The van der Waals surface area contributed by atoms with E-state index in [0.717, 1.165) is 22.4 Å². The number of hydrogen-bond acceptors (Lipinski definition) is 22. The van der Waals surface area contributed by atoms with E-state index in [1.54, 1.807) is 177 Å². The lowest BCUT2D eigenvalue weighted by Crippen LogP contribution is -2.07. The molecule has 0 aromatic heterocycles. The first-order chi connectivity index (χ1) is 65.8. The summed E-state index contributed by atoms with van der Waals surface area (Å²) in [5.41, 5.74) is 5.69. The Morgan fingerprint density at radius 3 is 0.559 bits per heavy atom. The Bertz CT molecular complexity index is 5810. The number of aryl methyl sites for hydroxylation is 1. The van der Waals surface area contributed by atoms with Gasteiger partial charge in [-0.05, 0) is 271 Å². The average molecular weight is 1980 g/mol. The largest absolute Gasteiger partial charge is 0.647 e. The zero-order chi connectivity index (χ0) is 97.5. The highest BCUT2D eigenvalue weighted by Crippen LogP contribution is 2.56.